The van der Waals surface area contributed by atoms with E-state index in [2.05, 4.69) is 10.5 Å². The summed E-state index contributed by atoms with van der Waals surface area (Å²) in [6.45, 7) is 0.392. The van der Waals surface area contributed by atoms with Crippen LogP contribution in [-0.4, -0.2) is 12.1 Å². The normalized spacial score (nSPS) is 10.3. The molecule has 0 aromatic heterocycles. The van der Waals surface area contributed by atoms with Gasteiger partial charge < -0.3 is 4.74 Å². The van der Waals surface area contributed by atoms with E-state index in [1.54, 1.807) is 18.2 Å². The van der Waals surface area contributed by atoms with Gasteiger partial charge in [0, 0.05) is 10.6 Å². The maximum atomic E-state index is 11.2. The Kier molecular flexibility index (Phi) is 6.16. The first kappa shape index (κ1) is 16.5. The number of carbonyl (C=O) groups is 1. The van der Waals surface area contributed by atoms with Gasteiger partial charge in [0.15, 0.2) is 0 Å². The third kappa shape index (κ3) is 5.46. The Morgan fingerprint density at radius 2 is 2.00 bits per heavy atom. The second-order valence-electron chi connectivity index (χ2n) is 4.58. The van der Waals surface area contributed by atoms with Crippen molar-refractivity contribution in [3.8, 4) is 11.8 Å². The van der Waals surface area contributed by atoms with Gasteiger partial charge in [0.05, 0.1) is 12.3 Å². The van der Waals surface area contributed by atoms with E-state index >= 15 is 0 Å². The van der Waals surface area contributed by atoms with Crippen LogP contribution in [0.4, 0.5) is 0 Å². The molecule has 0 aliphatic carbocycles. The Morgan fingerprint density at radius 1 is 1.26 bits per heavy atom. The molecule has 0 aliphatic heterocycles. The van der Waals surface area contributed by atoms with Crippen molar-refractivity contribution in [1.29, 1.82) is 5.26 Å². The van der Waals surface area contributed by atoms with Crippen molar-refractivity contribution >= 4 is 23.7 Å². The number of rotatable bonds is 6. The number of para-hydroxylation sites is 1. The van der Waals surface area contributed by atoms with Crippen LogP contribution in [0.25, 0.3) is 0 Å². The smallest absolute Gasteiger partial charge is 0.254 e. The maximum Gasteiger partial charge on any atom is 0.254 e. The van der Waals surface area contributed by atoms with Crippen molar-refractivity contribution in [2.45, 2.75) is 13.0 Å². The van der Waals surface area contributed by atoms with Crippen LogP contribution in [0.5, 0.6) is 5.75 Å². The fourth-order valence-electron chi connectivity index (χ4n) is 1.75. The third-order valence-electron chi connectivity index (χ3n) is 2.86. The molecule has 0 heterocycles. The fraction of sp³-hybridized carbons (Fsp3) is 0.118. The molecule has 0 spiro atoms. The molecule has 0 saturated carbocycles. The van der Waals surface area contributed by atoms with Crippen molar-refractivity contribution in [3.63, 3.8) is 0 Å². The summed E-state index contributed by atoms with van der Waals surface area (Å²) < 4.78 is 5.77. The van der Waals surface area contributed by atoms with Gasteiger partial charge in [-0.15, -0.1) is 0 Å². The largest absolute Gasteiger partial charge is 0.488 e. The Morgan fingerprint density at radius 3 is 2.74 bits per heavy atom. The summed E-state index contributed by atoms with van der Waals surface area (Å²) >= 11 is 5.85. The van der Waals surface area contributed by atoms with E-state index in [0.29, 0.717) is 17.4 Å². The molecule has 6 heteroatoms. The first-order valence-corrected chi connectivity index (χ1v) is 7.22. The van der Waals surface area contributed by atoms with E-state index in [0.717, 1.165) is 11.1 Å². The lowest BCUT2D eigenvalue weighted by molar-refractivity contribution is -0.120. The molecule has 2 aromatic carbocycles. The highest BCUT2D eigenvalue weighted by molar-refractivity contribution is 6.30. The zero-order chi connectivity index (χ0) is 16.5. The number of nitrogens with zero attached hydrogens (tertiary/aromatic N) is 2. The van der Waals surface area contributed by atoms with Gasteiger partial charge in [0.25, 0.3) is 5.91 Å². The molecule has 2 rings (SSSR count). The van der Waals surface area contributed by atoms with E-state index < -0.39 is 5.91 Å². The number of ether oxygens (including phenoxy) is 1. The van der Waals surface area contributed by atoms with Gasteiger partial charge in [0.1, 0.15) is 18.8 Å². The van der Waals surface area contributed by atoms with Crippen LogP contribution in [0, 0.1) is 11.3 Å². The minimum Gasteiger partial charge on any atom is -0.488 e. The summed E-state index contributed by atoms with van der Waals surface area (Å²) in [5.41, 5.74) is 3.99. The summed E-state index contributed by atoms with van der Waals surface area (Å²) in [7, 11) is 0. The van der Waals surface area contributed by atoms with Crippen LogP contribution in [0.1, 0.15) is 17.5 Å². The molecule has 2 aromatic rings. The molecular weight excluding hydrogens is 314 g/mol. The fourth-order valence-corrected chi connectivity index (χ4v) is 1.87. The van der Waals surface area contributed by atoms with Gasteiger partial charge >= 0.3 is 0 Å². The highest BCUT2D eigenvalue weighted by Crippen LogP contribution is 2.18. The molecule has 1 amide bonds. The topological polar surface area (TPSA) is 74.5 Å². The van der Waals surface area contributed by atoms with Crippen LogP contribution in [0.2, 0.25) is 5.02 Å². The number of hydrazone groups is 1. The van der Waals surface area contributed by atoms with Crippen LogP contribution in [0.3, 0.4) is 0 Å². The van der Waals surface area contributed by atoms with Crippen LogP contribution >= 0.6 is 11.6 Å². The van der Waals surface area contributed by atoms with E-state index in [-0.39, 0.29) is 6.42 Å². The van der Waals surface area contributed by atoms with E-state index in [1.165, 1.54) is 6.21 Å². The molecule has 5 nitrogen and oxygen atoms in total. The highest BCUT2D eigenvalue weighted by Gasteiger charge is 2.02. The molecular formula is C17H14ClN3O2. The molecule has 1 N–H and O–H groups in total. The van der Waals surface area contributed by atoms with E-state index in [1.807, 2.05) is 36.4 Å². The second-order valence-corrected chi connectivity index (χ2v) is 5.02. The third-order valence-corrected chi connectivity index (χ3v) is 3.11. The van der Waals surface area contributed by atoms with Crippen LogP contribution in [0.15, 0.2) is 53.6 Å². The van der Waals surface area contributed by atoms with Crippen LogP contribution in [-0.2, 0) is 11.4 Å². The Labute approximate surface area is 139 Å². The predicted molar refractivity (Wildman–Crippen MR) is 88.2 cm³/mol. The number of halogens is 1. The lowest BCUT2D eigenvalue weighted by Crippen LogP contribution is -2.16. The molecule has 0 aliphatic rings. The summed E-state index contributed by atoms with van der Waals surface area (Å²) in [4.78, 5) is 11.2. The number of amides is 1. The Bertz CT molecular complexity index is 736. The number of hydrogen-bond donors (Lipinski definition) is 1. The van der Waals surface area contributed by atoms with Crippen molar-refractivity contribution in [2.75, 3.05) is 0 Å². The average Bonchev–Trinajstić information content (AvgIpc) is 2.56. The summed E-state index contributed by atoms with van der Waals surface area (Å²) in [5.74, 6) is 0.184. The Balaban J connectivity index is 1.99. The number of hydrogen-bond acceptors (Lipinski definition) is 4. The van der Waals surface area contributed by atoms with Gasteiger partial charge in [-0.3, -0.25) is 4.79 Å². The van der Waals surface area contributed by atoms with E-state index in [9.17, 15) is 4.79 Å². The SMILES string of the molecule is N#CCC(=O)N/N=C/c1ccccc1OCc1ccc(Cl)cc1. The molecule has 0 atom stereocenters. The van der Waals surface area contributed by atoms with Crippen molar-refractivity contribution in [1.82, 2.24) is 5.43 Å². The number of benzene rings is 2. The first-order chi connectivity index (χ1) is 11.2. The molecule has 0 saturated heterocycles. The van der Waals surface area contributed by atoms with Crippen molar-refractivity contribution in [3.05, 3.63) is 64.7 Å². The second kappa shape index (κ2) is 8.57. The zero-order valence-electron chi connectivity index (χ0n) is 12.2. The van der Waals surface area contributed by atoms with Crippen molar-refractivity contribution in [2.24, 2.45) is 5.10 Å². The Hall–Kier alpha value is -2.84. The van der Waals surface area contributed by atoms with Gasteiger partial charge in [0.2, 0.25) is 0 Å². The lowest BCUT2D eigenvalue weighted by atomic mass is 10.2. The highest BCUT2D eigenvalue weighted by atomic mass is 35.5. The summed E-state index contributed by atoms with van der Waals surface area (Å²) in [6, 6.07) is 16.5. The van der Waals surface area contributed by atoms with Gasteiger partial charge in [-0.05, 0) is 29.8 Å². The molecule has 23 heavy (non-hydrogen) atoms. The quantitative estimate of drug-likeness (QED) is 0.653. The molecule has 0 fully saturated rings. The predicted octanol–water partition coefficient (Wildman–Crippen LogP) is 3.28. The van der Waals surface area contributed by atoms with Gasteiger partial charge in [-0.25, -0.2) is 5.43 Å². The monoisotopic (exact) mass is 327 g/mol. The maximum absolute atomic E-state index is 11.2. The minimum absolute atomic E-state index is 0.230. The standard InChI is InChI=1S/C17H14ClN3O2/c18-15-7-5-13(6-8-15)12-23-16-4-2-1-3-14(16)11-20-21-17(22)9-10-19/h1-8,11H,9,12H2,(H,21,22)/b20-11+. The molecule has 0 unspecified atom stereocenters. The van der Waals surface area contributed by atoms with Gasteiger partial charge in [-0.2, -0.15) is 10.4 Å². The molecule has 116 valence electrons. The van der Waals surface area contributed by atoms with Gasteiger partial charge in [-0.1, -0.05) is 35.9 Å². The van der Waals surface area contributed by atoms with Crippen LogP contribution < -0.4 is 10.2 Å². The lowest BCUT2D eigenvalue weighted by Gasteiger charge is -2.09. The number of carbonyl (C=O) groups excluding carboxylic acids is 1. The average molecular weight is 328 g/mol. The number of nitrogens with one attached hydrogen (secondary N) is 1. The minimum atomic E-state index is -0.455. The first-order valence-electron chi connectivity index (χ1n) is 6.84. The van der Waals surface area contributed by atoms with E-state index in [4.69, 9.17) is 21.6 Å². The van der Waals surface area contributed by atoms with Crippen molar-refractivity contribution < 1.29 is 9.53 Å². The zero-order valence-corrected chi connectivity index (χ0v) is 13.0. The number of nitriles is 1. The molecule has 0 bridgehead atoms. The summed E-state index contributed by atoms with van der Waals surface area (Å²) in [6.07, 6.45) is 1.25. The summed E-state index contributed by atoms with van der Waals surface area (Å²) in [5, 5.41) is 12.9. The molecule has 0 radical (unpaired) electrons.